The number of hydrogen-bond donors (Lipinski definition) is 1. The van der Waals surface area contributed by atoms with Crippen LogP contribution in [0.25, 0.3) is 0 Å². The maximum atomic E-state index is 5.51. The van der Waals surface area contributed by atoms with E-state index in [1.807, 2.05) is 10.9 Å². The first-order valence-corrected chi connectivity index (χ1v) is 6.17. The maximum Gasteiger partial charge on any atom is 0.0962 e. The molecule has 0 saturated heterocycles. The number of aromatic nitrogens is 3. The molecule has 0 aliphatic rings. The lowest BCUT2D eigenvalue weighted by atomic mass is 9.87. The van der Waals surface area contributed by atoms with E-state index >= 15 is 0 Å². The fraction of sp³-hybridized carbons (Fsp3) is 0.429. The molecule has 2 aromatic rings. The van der Waals surface area contributed by atoms with Gasteiger partial charge >= 0.3 is 0 Å². The topological polar surface area (TPSA) is 56.7 Å². The van der Waals surface area contributed by atoms with Crippen LogP contribution >= 0.6 is 0 Å². The van der Waals surface area contributed by atoms with Crippen LogP contribution in [0.15, 0.2) is 30.5 Å². The summed E-state index contributed by atoms with van der Waals surface area (Å²) in [7, 11) is 0. The summed E-state index contributed by atoms with van der Waals surface area (Å²) in [6.07, 6.45) is 1.89. The minimum Gasteiger partial charge on any atom is -0.325 e. The van der Waals surface area contributed by atoms with Crippen LogP contribution in [0, 0.1) is 0 Å². The van der Waals surface area contributed by atoms with E-state index in [0.29, 0.717) is 6.54 Å². The summed E-state index contributed by atoms with van der Waals surface area (Å²) in [5, 5.41) is 8.02. The Bertz CT molecular complexity index is 505. The van der Waals surface area contributed by atoms with Crippen molar-refractivity contribution in [2.75, 3.05) is 0 Å². The van der Waals surface area contributed by atoms with Gasteiger partial charge < -0.3 is 5.73 Å². The third kappa shape index (κ3) is 2.96. The zero-order valence-electron chi connectivity index (χ0n) is 11.2. The largest absolute Gasteiger partial charge is 0.325 e. The SMILES string of the molecule is CC(C)(C)c1ccc(Cn2cc(CN)nn2)cc1. The highest BCUT2D eigenvalue weighted by molar-refractivity contribution is 5.27. The summed E-state index contributed by atoms with van der Waals surface area (Å²) < 4.78 is 1.81. The molecular weight excluding hydrogens is 224 g/mol. The Labute approximate surface area is 108 Å². The molecule has 1 aromatic carbocycles. The normalized spacial score (nSPS) is 11.8. The molecule has 1 aromatic heterocycles. The number of rotatable bonds is 3. The Kier molecular flexibility index (Phi) is 3.48. The van der Waals surface area contributed by atoms with Crippen molar-refractivity contribution < 1.29 is 0 Å². The first-order chi connectivity index (χ1) is 8.49. The van der Waals surface area contributed by atoms with E-state index in [1.54, 1.807) is 0 Å². The van der Waals surface area contributed by atoms with Gasteiger partial charge in [0.15, 0.2) is 0 Å². The Morgan fingerprint density at radius 3 is 2.33 bits per heavy atom. The molecule has 0 saturated carbocycles. The Balaban J connectivity index is 2.11. The van der Waals surface area contributed by atoms with Crippen molar-refractivity contribution in [3.8, 4) is 0 Å². The van der Waals surface area contributed by atoms with Crippen molar-refractivity contribution in [3.05, 3.63) is 47.3 Å². The molecule has 0 aliphatic heterocycles. The minimum atomic E-state index is 0.193. The molecule has 0 amide bonds. The smallest absolute Gasteiger partial charge is 0.0962 e. The van der Waals surface area contributed by atoms with Crippen molar-refractivity contribution in [1.29, 1.82) is 0 Å². The fourth-order valence-corrected chi connectivity index (χ4v) is 1.81. The van der Waals surface area contributed by atoms with Gasteiger partial charge in [-0.15, -0.1) is 5.10 Å². The predicted molar refractivity (Wildman–Crippen MR) is 72.2 cm³/mol. The standard InChI is InChI=1S/C14H20N4/c1-14(2,3)12-6-4-11(5-7-12)9-18-10-13(8-15)16-17-18/h4-7,10H,8-9,15H2,1-3H3. The van der Waals surface area contributed by atoms with Crippen molar-refractivity contribution in [2.45, 2.75) is 39.3 Å². The monoisotopic (exact) mass is 244 g/mol. The van der Waals surface area contributed by atoms with E-state index in [0.717, 1.165) is 12.2 Å². The first kappa shape index (κ1) is 12.8. The molecular formula is C14H20N4. The second kappa shape index (κ2) is 4.90. The molecule has 1 heterocycles. The van der Waals surface area contributed by atoms with Gasteiger partial charge in [0.05, 0.1) is 18.4 Å². The molecule has 0 fully saturated rings. The van der Waals surface area contributed by atoms with Crippen LogP contribution in [-0.2, 0) is 18.5 Å². The summed E-state index contributed by atoms with van der Waals surface area (Å²) in [5.41, 5.74) is 9.08. The van der Waals surface area contributed by atoms with Gasteiger partial charge in [0.2, 0.25) is 0 Å². The molecule has 2 N–H and O–H groups in total. The van der Waals surface area contributed by atoms with Gasteiger partial charge in [0.1, 0.15) is 0 Å². The van der Waals surface area contributed by atoms with E-state index in [4.69, 9.17) is 5.73 Å². The molecule has 0 atom stereocenters. The quantitative estimate of drug-likeness (QED) is 0.899. The van der Waals surface area contributed by atoms with Crippen LogP contribution in [0.3, 0.4) is 0 Å². The predicted octanol–water partition coefficient (Wildman–Crippen LogP) is 2.08. The molecule has 4 nitrogen and oxygen atoms in total. The number of hydrogen-bond acceptors (Lipinski definition) is 3. The van der Waals surface area contributed by atoms with E-state index in [9.17, 15) is 0 Å². The van der Waals surface area contributed by atoms with E-state index in [2.05, 4.69) is 55.3 Å². The lowest BCUT2D eigenvalue weighted by Crippen LogP contribution is -2.11. The van der Waals surface area contributed by atoms with Gasteiger partial charge in [-0.25, -0.2) is 4.68 Å². The minimum absolute atomic E-state index is 0.193. The summed E-state index contributed by atoms with van der Waals surface area (Å²) in [6, 6.07) is 8.64. The highest BCUT2D eigenvalue weighted by Gasteiger charge is 2.12. The molecule has 0 radical (unpaired) electrons. The molecule has 0 unspecified atom stereocenters. The third-order valence-corrected chi connectivity index (χ3v) is 2.96. The zero-order valence-corrected chi connectivity index (χ0v) is 11.2. The summed E-state index contributed by atoms with van der Waals surface area (Å²) in [5.74, 6) is 0. The highest BCUT2D eigenvalue weighted by Crippen LogP contribution is 2.22. The van der Waals surface area contributed by atoms with Crippen LogP contribution in [0.2, 0.25) is 0 Å². The Hall–Kier alpha value is -1.68. The molecule has 0 aliphatic carbocycles. The van der Waals surface area contributed by atoms with Gasteiger partial charge in [-0.3, -0.25) is 0 Å². The van der Waals surface area contributed by atoms with Crippen LogP contribution in [0.4, 0.5) is 0 Å². The van der Waals surface area contributed by atoms with Crippen molar-refractivity contribution >= 4 is 0 Å². The lowest BCUT2D eigenvalue weighted by molar-refractivity contribution is 0.589. The first-order valence-electron chi connectivity index (χ1n) is 6.17. The summed E-state index contributed by atoms with van der Waals surface area (Å²) in [4.78, 5) is 0. The summed E-state index contributed by atoms with van der Waals surface area (Å²) >= 11 is 0. The van der Waals surface area contributed by atoms with Crippen LogP contribution in [0.1, 0.15) is 37.6 Å². The van der Waals surface area contributed by atoms with Gasteiger partial charge in [0.25, 0.3) is 0 Å². The van der Waals surface area contributed by atoms with Gasteiger partial charge in [0, 0.05) is 6.54 Å². The van der Waals surface area contributed by atoms with Crippen LogP contribution in [-0.4, -0.2) is 15.0 Å². The molecule has 0 bridgehead atoms. The van der Waals surface area contributed by atoms with E-state index in [1.165, 1.54) is 11.1 Å². The fourth-order valence-electron chi connectivity index (χ4n) is 1.81. The van der Waals surface area contributed by atoms with Gasteiger partial charge in [-0.05, 0) is 16.5 Å². The van der Waals surface area contributed by atoms with Gasteiger partial charge in [-0.2, -0.15) is 0 Å². The highest BCUT2D eigenvalue weighted by atomic mass is 15.4. The molecule has 0 spiro atoms. The number of benzene rings is 1. The molecule has 96 valence electrons. The van der Waals surface area contributed by atoms with E-state index < -0.39 is 0 Å². The van der Waals surface area contributed by atoms with Crippen molar-refractivity contribution in [3.63, 3.8) is 0 Å². The average Bonchev–Trinajstić information content (AvgIpc) is 2.76. The third-order valence-electron chi connectivity index (χ3n) is 2.96. The molecule has 18 heavy (non-hydrogen) atoms. The average molecular weight is 244 g/mol. The summed E-state index contributed by atoms with van der Waals surface area (Å²) in [6.45, 7) is 7.81. The van der Waals surface area contributed by atoms with Crippen LogP contribution in [0.5, 0.6) is 0 Å². The Morgan fingerprint density at radius 1 is 1.17 bits per heavy atom. The van der Waals surface area contributed by atoms with Crippen molar-refractivity contribution in [2.24, 2.45) is 5.73 Å². The van der Waals surface area contributed by atoms with E-state index in [-0.39, 0.29) is 5.41 Å². The number of nitrogens with two attached hydrogens (primary N) is 1. The van der Waals surface area contributed by atoms with Crippen molar-refractivity contribution in [1.82, 2.24) is 15.0 Å². The Morgan fingerprint density at radius 2 is 1.83 bits per heavy atom. The number of nitrogens with zero attached hydrogens (tertiary/aromatic N) is 3. The molecule has 2 rings (SSSR count). The van der Waals surface area contributed by atoms with Gasteiger partial charge in [-0.1, -0.05) is 50.3 Å². The molecule has 4 heteroatoms. The second-order valence-corrected chi connectivity index (χ2v) is 5.56. The zero-order chi connectivity index (χ0) is 13.2. The second-order valence-electron chi connectivity index (χ2n) is 5.56. The lowest BCUT2D eigenvalue weighted by Gasteiger charge is -2.19. The maximum absolute atomic E-state index is 5.51. The van der Waals surface area contributed by atoms with Crippen LogP contribution < -0.4 is 5.73 Å².